The first kappa shape index (κ1) is 14.9. The average molecular weight is 264 g/mol. The van der Waals surface area contributed by atoms with Gasteiger partial charge >= 0.3 is 0 Å². The average Bonchev–Trinajstić information content (AvgIpc) is 2.57. The van der Waals surface area contributed by atoms with E-state index in [1.807, 2.05) is 25.8 Å². The van der Waals surface area contributed by atoms with Gasteiger partial charge in [0.2, 0.25) is 0 Å². The van der Waals surface area contributed by atoms with E-state index in [1.165, 1.54) is 0 Å². The quantitative estimate of drug-likeness (QED) is 0.674. The van der Waals surface area contributed by atoms with Crippen molar-refractivity contribution in [3.8, 4) is 0 Å². The Morgan fingerprint density at radius 2 is 2.12 bits per heavy atom. The Morgan fingerprint density at radius 1 is 1.47 bits per heavy atom. The number of aliphatic hydroxyl groups is 1. The van der Waals surface area contributed by atoms with Crippen molar-refractivity contribution in [2.45, 2.75) is 38.4 Å². The van der Waals surface area contributed by atoms with Gasteiger partial charge in [-0.1, -0.05) is 13.8 Å². The van der Waals surface area contributed by atoms with Crippen LogP contribution in [0, 0.1) is 0 Å². The molecule has 1 fully saturated rings. The van der Waals surface area contributed by atoms with E-state index in [0.717, 1.165) is 0 Å². The highest BCUT2D eigenvalue weighted by molar-refractivity contribution is 7.91. The van der Waals surface area contributed by atoms with Crippen molar-refractivity contribution in [1.29, 1.82) is 0 Å². The summed E-state index contributed by atoms with van der Waals surface area (Å²) in [5, 5.41) is 12.5. The van der Waals surface area contributed by atoms with Crippen molar-refractivity contribution >= 4 is 9.84 Å². The fraction of sp³-hybridized carbons (Fsp3) is 1.00. The molecular weight excluding hydrogens is 240 g/mol. The number of nitrogens with one attached hydrogen (secondary N) is 1. The number of likely N-dealkylation sites (N-methyl/N-ethyl adjacent to an activating group) is 1. The summed E-state index contributed by atoms with van der Waals surface area (Å²) < 4.78 is 22.8. The monoisotopic (exact) mass is 264 g/mol. The highest BCUT2D eigenvalue weighted by Crippen LogP contribution is 2.16. The number of sulfone groups is 1. The summed E-state index contributed by atoms with van der Waals surface area (Å²) in [5.41, 5.74) is 0. The molecule has 0 radical (unpaired) electrons. The lowest BCUT2D eigenvalue weighted by atomic mass is 10.2. The normalized spacial score (nSPS) is 25.6. The maximum atomic E-state index is 11.4. The van der Waals surface area contributed by atoms with Crippen LogP contribution in [0.3, 0.4) is 0 Å². The Kier molecular flexibility index (Phi) is 5.37. The summed E-state index contributed by atoms with van der Waals surface area (Å²) >= 11 is 0. The second-order valence-electron chi connectivity index (χ2n) is 5.20. The maximum absolute atomic E-state index is 11.4. The molecule has 0 amide bonds. The molecule has 1 aliphatic heterocycles. The van der Waals surface area contributed by atoms with E-state index < -0.39 is 9.84 Å². The zero-order valence-corrected chi connectivity index (χ0v) is 11.7. The van der Waals surface area contributed by atoms with Gasteiger partial charge in [-0.2, -0.15) is 0 Å². The third-order valence-electron chi connectivity index (χ3n) is 3.13. The molecule has 6 heteroatoms. The summed E-state index contributed by atoms with van der Waals surface area (Å²) in [6.45, 7) is 4.81. The first-order valence-corrected chi connectivity index (χ1v) is 7.93. The van der Waals surface area contributed by atoms with Crippen LogP contribution in [0.1, 0.15) is 20.3 Å². The predicted molar refractivity (Wildman–Crippen MR) is 68.8 cm³/mol. The number of hydrogen-bond donors (Lipinski definition) is 2. The molecule has 0 aromatic rings. The van der Waals surface area contributed by atoms with Crippen molar-refractivity contribution in [3.63, 3.8) is 0 Å². The van der Waals surface area contributed by atoms with Crippen LogP contribution in [-0.4, -0.2) is 68.3 Å². The molecule has 1 heterocycles. The molecule has 0 aromatic carbocycles. The highest BCUT2D eigenvalue weighted by Gasteiger charge is 2.31. The molecule has 2 atom stereocenters. The molecule has 5 nitrogen and oxygen atoms in total. The maximum Gasteiger partial charge on any atom is 0.151 e. The first-order chi connectivity index (χ1) is 7.84. The Hall–Kier alpha value is -0.170. The number of nitrogens with zero attached hydrogens (tertiary/aromatic N) is 1. The highest BCUT2D eigenvalue weighted by atomic mass is 32.2. The lowest BCUT2D eigenvalue weighted by Gasteiger charge is -2.28. The Labute approximate surface area is 104 Å². The van der Waals surface area contributed by atoms with Gasteiger partial charge in [-0.15, -0.1) is 0 Å². The SMILES string of the molecule is CC(C)NC(CO)CN(C)C1CCS(=O)(=O)C1. The molecule has 0 spiro atoms. The smallest absolute Gasteiger partial charge is 0.151 e. The lowest BCUT2D eigenvalue weighted by Crippen LogP contribution is -2.47. The zero-order chi connectivity index (χ0) is 13.1. The first-order valence-electron chi connectivity index (χ1n) is 6.11. The van der Waals surface area contributed by atoms with Gasteiger partial charge in [0.15, 0.2) is 9.84 Å². The minimum Gasteiger partial charge on any atom is -0.395 e. The van der Waals surface area contributed by atoms with Crippen LogP contribution in [-0.2, 0) is 9.84 Å². The second-order valence-corrected chi connectivity index (χ2v) is 7.43. The van der Waals surface area contributed by atoms with Gasteiger partial charge in [-0.25, -0.2) is 8.42 Å². The third kappa shape index (κ3) is 4.91. The topological polar surface area (TPSA) is 69.6 Å². The van der Waals surface area contributed by atoms with Gasteiger partial charge in [0.05, 0.1) is 18.1 Å². The largest absolute Gasteiger partial charge is 0.395 e. The van der Waals surface area contributed by atoms with Crippen LogP contribution < -0.4 is 5.32 Å². The number of rotatable bonds is 6. The molecule has 0 aromatic heterocycles. The minimum absolute atomic E-state index is 0.00306. The molecular formula is C11H24N2O3S. The molecule has 102 valence electrons. The van der Waals surface area contributed by atoms with Gasteiger partial charge in [0.1, 0.15) is 0 Å². The van der Waals surface area contributed by atoms with Crippen LogP contribution in [0.25, 0.3) is 0 Å². The van der Waals surface area contributed by atoms with Crippen molar-refractivity contribution < 1.29 is 13.5 Å². The summed E-state index contributed by atoms with van der Waals surface area (Å²) in [6, 6.07) is 0.416. The summed E-state index contributed by atoms with van der Waals surface area (Å²) in [5.74, 6) is 0.548. The summed E-state index contributed by atoms with van der Waals surface area (Å²) in [4.78, 5) is 2.04. The van der Waals surface area contributed by atoms with E-state index in [1.54, 1.807) is 0 Å². The van der Waals surface area contributed by atoms with E-state index >= 15 is 0 Å². The van der Waals surface area contributed by atoms with Crippen molar-refractivity contribution in [2.75, 3.05) is 31.7 Å². The van der Waals surface area contributed by atoms with Gasteiger partial charge in [0, 0.05) is 24.7 Å². The Bertz CT molecular complexity index is 330. The van der Waals surface area contributed by atoms with Crippen LogP contribution in [0.4, 0.5) is 0 Å². The van der Waals surface area contributed by atoms with E-state index in [2.05, 4.69) is 5.32 Å². The summed E-state index contributed by atoms with van der Waals surface area (Å²) in [6.07, 6.45) is 0.707. The standard InChI is InChI=1S/C11H24N2O3S/c1-9(2)12-10(7-14)6-13(3)11-4-5-17(15,16)8-11/h9-12,14H,4-8H2,1-3H3. The number of hydrogen-bond acceptors (Lipinski definition) is 5. The Balaban J connectivity index is 2.45. The molecule has 0 bridgehead atoms. The Morgan fingerprint density at radius 3 is 2.53 bits per heavy atom. The molecule has 2 unspecified atom stereocenters. The van der Waals surface area contributed by atoms with E-state index in [9.17, 15) is 13.5 Å². The van der Waals surface area contributed by atoms with Crippen LogP contribution in [0.5, 0.6) is 0 Å². The van der Waals surface area contributed by atoms with E-state index in [0.29, 0.717) is 24.8 Å². The van der Waals surface area contributed by atoms with Gasteiger partial charge < -0.3 is 15.3 Å². The molecule has 1 aliphatic rings. The molecule has 0 saturated carbocycles. The van der Waals surface area contributed by atoms with Gasteiger partial charge in [0.25, 0.3) is 0 Å². The van der Waals surface area contributed by atoms with Crippen molar-refractivity contribution in [1.82, 2.24) is 10.2 Å². The van der Waals surface area contributed by atoms with Gasteiger partial charge in [-0.3, -0.25) is 0 Å². The molecule has 17 heavy (non-hydrogen) atoms. The van der Waals surface area contributed by atoms with E-state index in [4.69, 9.17) is 0 Å². The van der Waals surface area contributed by atoms with Crippen molar-refractivity contribution in [2.24, 2.45) is 0 Å². The van der Waals surface area contributed by atoms with E-state index in [-0.39, 0.29) is 24.4 Å². The third-order valence-corrected chi connectivity index (χ3v) is 4.88. The lowest BCUT2D eigenvalue weighted by molar-refractivity contribution is 0.171. The van der Waals surface area contributed by atoms with Crippen LogP contribution in [0.15, 0.2) is 0 Å². The predicted octanol–water partition coefficient (Wildman–Crippen LogP) is -0.536. The molecule has 2 N–H and O–H groups in total. The minimum atomic E-state index is -2.83. The van der Waals surface area contributed by atoms with Crippen molar-refractivity contribution in [3.05, 3.63) is 0 Å². The second kappa shape index (κ2) is 6.13. The molecule has 1 rings (SSSR count). The number of aliphatic hydroxyl groups excluding tert-OH is 1. The fourth-order valence-electron chi connectivity index (χ4n) is 2.25. The van der Waals surface area contributed by atoms with Gasteiger partial charge in [-0.05, 0) is 13.5 Å². The zero-order valence-electron chi connectivity index (χ0n) is 10.9. The van der Waals surface area contributed by atoms with Crippen LogP contribution in [0.2, 0.25) is 0 Å². The molecule has 0 aliphatic carbocycles. The summed E-state index contributed by atoms with van der Waals surface area (Å²) in [7, 11) is -0.904. The fourth-order valence-corrected chi connectivity index (χ4v) is 4.06. The van der Waals surface area contributed by atoms with Crippen LogP contribution >= 0.6 is 0 Å². The molecule has 1 saturated heterocycles.